The quantitative estimate of drug-likeness (QED) is 0.478. The van der Waals surface area contributed by atoms with Crippen LogP contribution in [0.15, 0.2) is 29.3 Å². The van der Waals surface area contributed by atoms with E-state index in [1.807, 2.05) is 0 Å². The van der Waals surface area contributed by atoms with Gasteiger partial charge in [-0.25, -0.2) is 18.6 Å². The number of benzene rings is 1. The number of anilines is 1. The Morgan fingerprint density at radius 3 is 2.85 bits per heavy atom. The summed E-state index contributed by atoms with van der Waals surface area (Å²) >= 11 is 0. The van der Waals surface area contributed by atoms with E-state index in [1.54, 1.807) is 34.1 Å². The van der Waals surface area contributed by atoms with Gasteiger partial charge in [0, 0.05) is 32.4 Å². The molecule has 4 heterocycles. The van der Waals surface area contributed by atoms with Crippen molar-refractivity contribution in [3.8, 4) is 5.95 Å². The van der Waals surface area contributed by atoms with E-state index in [1.165, 1.54) is 18.5 Å². The van der Waals surface area contributed by atoms with Crippen molar-refractivity contribution < 1.29 is 13.5 Å². The Bertz CT molecular complexity index is 1360. The van der Waals surface area contributed by atoms with Crippen molar-refractivity contribution in [2.24, 2.45) is 0 Å². The molecule has 0 radical (unpaired) electrons. The fourth-order valence-corrected chi connectivity index (χ4v) is 4.29. The molecule has 1 aliphatic heterocycles. The second kappa shape index (κ2) is 8.54. The Kier molecular flexibility index (Phi) is 5.57. The van der Waals surface area contributed by atoms with Gasteiger partial charge in [0.1, 0.15) is 23.8 Å². The highest BCUT2D eigenvalue weighted by Crippen LogP contribution is 2.28. The normalized spacial score (nSPS) is 16.0. The van der Waals surface area contributed by atoms with Gasteiger partial charge in [0.05, 0.1) is 17.6 Å². The molecule has 4 aromatic rings. The van der Waals surface area contributed by atoms with Crippen molar-refractivity contribution in [1.82, 2.24) is 29.1 Å². The van der Waals surface area contributed by atoms with Crippen LogP contribution >= 0.6 is 0 Å². The van der Waals surface area contributed by atoms with Gasteiger partial charge in [-0.1, -0.05) is 6.92 Å². The molecule has 1 aliphatic rings. The number of aromatic amines is 1. The van der Waals surface area contributed by atoms with E-state index in [0.717, 1.165) is 0 Å². The maximum atomic E-state index is 14.2. The number of nitrogens with one attached hydrogen (secondary N) is 1. The number of imidazole rings is 2. The Morgan fingerprint density at radius 2 is 2.09 bits per heavy atom. The van der Waals surface area contributed by atoms with Gasteiger partial charge in [0.15, 0.2) is 11.5 Å². The Labute approximate surface area is 188 Å². The van der Waals surface area contributed by atoms with Crippen molar-refractivity contribution in [2.45, 2.75) is 38.4 Å². The number of rotatable bonds is 6. The molecule has 174 valence electrons. The van der Waals surface area contributed by atoms with E-state index in [9.17, 15) is 13.6 Å². The number of H-pyrrole nitrogens is 1. The van der Waals surface area contributed by atoms with Crippen molar-refractivity contribution in [3.63, 3.8) is 0 Å². The van der Waals surface area contributed by atoms with Crippen LogP contribution in [0.4, 0.5) is 14.6 Å². The minimum absolute atomic E-state index is 0.0811. The van der Waals surface area contributed by atoms with Crippen molar-refractivity contribution >= 4 is 28.0 Å². The highest BCUT2D eigenvalue weighted by Gasteiger charge is 2.25. The molecule has 1 atom stereocenters. The highest BCUT2D eigenvalue weighted by atomic mass is 19.1. The third-order valence-corrected chi connectivity index (χ3v) is 6.10. The van der Waals surface area contributed by atoms with E-state index in [0.29, 0.717) is 60.5 Å². The van der Waals surface area contributed by atoms with E-state index < -0.39 is 12.0 Å². The minimum Gasteiger partial charge on any atom is -0.381 e. The van der Waals surface area contributed by atoms with Crippen LogP contribution in [0.3, 0.4) is 0 Å². The first-order valence-corrected chi connectivity index (χ1v) is 11.0. The minimum atomic E-state index is -1.06. The third-order valence-electron chi connectivity index (χ3n) is 6.10. The molecule has 0 amide bonds. The fraction of sp³-hybridized carbons (Fsp3) is 0.455. The van der Waals surface area contributed by atoms with Gasteiger partial charge in [0.25, 0.3) is 0 Å². The lowest BCUT2D eigenvalue weighted by Crippen LogP contribution is -2.28. The van der Waals surface area contributed by atoms with Crippen LogP contribution in [-0.4, -0.2) is 62.0 Å². The molecule has 1 saturated heterocycles. The molecule has 33 heavy (non-hydrogen) atoms. The standard InChI is InChI=1S/C22H25F2N7O2/c1-3-13(23)11-29(2)19-18-20(31(22(32)26-18)15-6-8-33-9-7-15)28-21(27-19)30-12-25-16-5-4-14(24)10-17(16)30/h4-5,10,12-13,15H,3,6-9,11H2,1-2H3,(H,26,32)/t13-/m1/s1. The number of fused-ring (bicyclic) bond motifs is 2. The van der Waals surface area contributed by atoms with Crippen LogP contribution in [0, 0.1) is 5.82 Å². The van der Waals surface area contributed by atoms with Gasteiger partial charge >= 0.3 is 5.69 Å². The smallest absolute Gasteiger partial charge is 0.328 e. The zero-order chi connectivity index (χ0) is 23.1. The molecule has 9 nitrogen and oxygen atoms in total. The zero-order valence-electron chi connectivity index (χ0n) is 18.5. The average molecular weight is 457 g/mol. The molecule has 11 heteroatoms. The molecule has 3 aromatic heterocycles. The molecule has 5 rings (SSSR count). The summed E-state index contributed by atoms with van der Waals surface area (Å²) in [6.07, 6.45) is 2.17. The molecule has 0 bridgehead atoms. The van der Waals surface area contributed by atoms with Gasteiger partial charge < -0.3 is 14.6 Å². The van der Waals surface area contributed by atoms with Gasteiger partial charge in [-0.2, -0.15) is 9.97 Å². The molecule has 0 aliphatic carbocycles. The van der Waals surface area contributed by atoms with Crippen LogP contribution in [0.5, 0.6) is 0 Å². The third kappa shape index (κ3) is 3.86. The van der Waals surface area contributed by atoms with E-state index in [4.69, 9.17) is 9.72 Å². The van der Waals surface area contributed by atoms with E-state index >= 15 is 0 Å². The number of nitrogens with zero attached hydrogens (tertiary/aromatic N) is 6. The number of hydrogen-bond acceptors (Lipinski definition) is 6. The molecule has 0 saturated carbocycles. The number of halogens is 2. The van der Waals surface area contributed by atoms with Crippen molar-refractivity contribution in [3.05, 3.63) is 40.8 Å². The van der Waals surface area contributed by atoms with Gasteiger partial charge in [-0.3, -0.25) is 9.13 Å². The maximum absolute atomic E-state index is 14.2. The van der Waals surface area contributed by atoms with Gasteiger partial charge in [-0.15, -0.1) is 0 Å². The maximum Gasteiger partial charge on any atom is 0.328 e. The molecular weight excluding hydrogens is 432 g/mol. The van der Waals surface area contributed by atoms with Crippen molar-refractivity contribution in [1.29, 1.82) is 0 Å². The zero-order valence-corrected chi connectivity index (χ0v) is 18.5. The lowest BCUT2D eigenvalue weighted by atomic mass is 10.1. The summed E-state index contributed by atoms with van der Waals surface area (Å²) in [7, 11) is 1.73. The summed E-state index contributed by atoms with van der Waals surface area (Å²) in [5.74, 6) is 0.211. The number of alkyl halides is 1. The van der Waals surface area contributed by atoms with E-state index in [2.05, 4.69) is 15.0 Å². The average Bonchev–Trinajstić information content (AvgIpc) is 3.38. The van der Waals surface area contributed by atoms with E-state index in [-0.39, 0.29) is 24.2 Å². The summed E-state index contributed by atoms with van der Waals surface area (Å²) < 4.78 is 36.9. The fourth-order valence-electron chi connectivity index (χ4n) is 4.29. The number of ether oxygens (including phenoxy) is 1. The Hall–Kier alpha value is -3.34. The summed E-state index contributed by atoms with van der Waals surface area (Å²) in [5, 5.41) is 0. The summed E-state index contributed by atoms with van der Waals surface area (Å²) in [4.78, 5) is 31.2. The number of hydrogen-bond donors (Lipinski definition) is 1. The summed E-state index contributed by atoms with van der Waals surface area (Å²) in [6.45, 7) is 2.99. The topological polar surface area (TPSA) is 93.9 Å². The largest absolute Gasteiger partial charge is 0.381 e. The van der Waals surface area contributed by atoms with Crippen LogP contribution in [-0.2, 0) is 4.74 Å². The first kappa shape index (κ1) is 21.5. The summed E-state index contributed by atoms with van der Waals surface area (Å²) in [6, 6.07) is 4.19. The van der Waals surface area contributed by atoms with Crippen LogP contribution in [0.25, 0.3) is 28.1 Å². The predicted molar refractivity (Wildman–Crippen MR) is 120 cm³/mol. The van der Waals surface area contributed by atoms with Crippen LogP contribution in [0.1, 0.15) is 32.2 Å². The molecular formula is C22H25F2N7O2. The molecule has 0 spiro atoms. The van der Waals surface area contributed by atoms with Gasteiger partial charge in [0.2, 0.25) is 5.95 Å². The molecule has 1 fully saturated rings. The van der Waals surface area contributed by atoms with Gasteiger partial charge in [-0.05, 0) is 31.4 Å². The van der Waals surface area contributed by atoms with Crippen LogP contribution in [0.2, 0.25) is 0 Å². The molecule has 1 N–H and O–H groups in total. The first-order valence-electron chi connectivity index (χ1n) is 11.0. The summed E-state index contributed by atoms with van der Waals surface area (Å²) in [5.41, 5.74) is 1.64. The lowest BCUT2D eigenvalue weighted by molar-refractivity contribution is 0.0697. The number of aromatic nitrogens is 6. The second-order valence-corrected chi connectivity index (χ2v) is 8.32. The Morgan fingerprint density at radius 1 is 1.30 bits per heavy atom. The van der Waals surface area contributed by atoms with Crippen LogP contribution < -0.4 is 10.6 Å². The Balaban J connectivity index is 1.73. The SMILES string of the molecule is CC[C@@H](F)CN(C)c1nc(-n2cnc3ccc(F)cc32)nc2c1[nH]c(=O)n2C1CCOCC1. The first-order chi connectivity index (χ1) is 16.0. The second-order valence-electron chi connectivity index (χ2n) is 8.32. The molecule has 1 aromatic carbocycles. The lowest BCUT2D eigenvalue weighted by Gasteiger charge is -2.24. The van der Waals surface area contributed by atoms with Crippen molar-refractivity contribution in [2.75, 3.05) is 31.7 Å². The highest BCUT2D eigenvalue weighted by molar-refractivity contribution is 5.85. The molecule has 0 unspecified atom stereocenters. The monoisotopic (exact) mass is 457 g/mol. The predicted octanol–water partition coefficient (Wildman–Crippen LogP) is 3.13.